The SMILES string of the molecule is O=C(NCc1nc(-c2ccncc2)n[nH]1)[C@H](c1ccccc1)C1CCCC1. The molecule has 0 radical (unpaired) electrons. The average Bonchev–Trinajstić information content (AvgIpc) is 3.41. The van der Waals surface area contributed by atoms with Gasteiger partial charge in [0.2, 0.25) is 5.91 Å². The first-order chi connectivity index (χ1) is 13.3. The maximum Gasteiger partial charge on any atom is 0.228 e. The summed E-state index contributed by atoms with van der Waals surface area (Å²) in [6.45, 7) is 0.340. The molecule has 1 saturated carbocycles. The Morgan fingerprint density at radius 3 is 2.59 bits per heavy atom. The van der Waals surface area contributed by atoms with Gasteiger partial charge in [-0.2, -0.15) is 5.10 Å². The van der Waals surface area contributed by atoms with Crippen molar-refractivity contribution in [3.63, 3.8) is 0 Å². The lowest BCUT2D eigenvalue weighted by molar-refractivity contribution is -0.124. The molecule has 4 rings (SSSR count). The molecule has 27 heavy (non-hydrogen) atoms. The highest BCUT2D eigenvalue weighted by Gasteiger charge is 2.31. The van der Waals surface area contributed by atoms with Crippen molar-refractivity contribution >= 4 is 5.91 Å². The van der Waals surface area contributed by atoms with Gasteiger partial charge < -0.3 is 5.32 Å². The van der Waals surface area contributed by atoms with Crippen LogP contribution >= 0.6 is 0 Å². The van der Waals surface area contributed by atoms with Crippen molar-refractivity contribution in [2.45, 2.75) is 38.1 Å². The Morgan fingerprint density at radius 2 is 1.85 bits per heavy atom. The van der Waals surface area contributed by atoms with Crippen LogP contribution in [-0.4, -0.2) is 26.1 Å². The fourth-order valence-electron chi connectivity index (χ4n) is 3.87. The topological polar surface area (TPSA) is 83.6 Å². The second-order valence-corrected chi connectivity index (χ2v) is 6.99. The molecule has 1 aromatic carbocycles. The fourth-order valence-corrected chi connectivity index (χ4v) is 3.87. The van der Waals surface area contributed by atoms with Gasteiger partial charge in [0, 0.05) is 18.0 Å². The van der Waals surface area contributed by atoms with E-state index in [4.69, 9.17) is 0 Å². The van der Waals surface area contributed by atoms with E-state index in [-0.39, 0.29) is 11.8 Å². The van der Waals surface area contributed by atoms with Crippen molar-refractivity contribution in [3.8, 4) is 11.4 Å². The van der Waals surface area contributed by atoms with Crippen LogP contribution in [0.3, 0.4) is 0 Å². The third-order valence-electron chi connectivity index (χ3n) is 5.21. The molecule has 6 nitrogen and oxygen atoms in total. The van der Waals surface area contributed by atoms with Gasteiger partial charge in [-0.1, -0.05) is 43.2 Å². The normalized spacial score (nSPS) is 15.6. The summed E-state index contributed by atoms with van der Waals surface area (Å²) in [7, 11) is 0. The van der Waals surface area contributed by atoms with Crippen LogP contribution < -0.4 is 5.32 Å². The summed E-state index contributed by atoms with van der Waals surface area (Å²) < 4.78 is 0. The van der Waals surface area contributed by atoms with Crippen LogP contribution in [0, 0.1) is 5.92 Å². The summed E-state index contributed by atoms with van der Waals surface area (Å²) in [5.74, 6) is 1.63. The van der Waals surface area contributed by atoms with Crippen LogP contribution in [0.5, 0.6) is 0 Å². The minimum atomic E-state index is -0.101. The monoisotopic (exact) mass is 361 g/mol. The smallest absolute Gasteiger partial charge is 0.228 e. The van der Waals surface area contributed by atoms with Crippen molar-refractivity contribution in [2.75, 3.05) is 0 Å². The Labute approximate surface area is 158 Å². The fraction of sp³-hybridized carbons (Fsp3) is 0.333. The van der Waals surface area contributed by atoms with Crippen LogP contribution in [0.1, 0.15) is 43.0 Å². The van der Waals surface area contributed by atoms with E-state index in [0.29, 0.717) is 24.1 Å². The Kier molecular flexibility index (Phi) is 5.23. The highest BCUT2D eigenvalue weighted by molar-refractivity contribution is 5.84. The Morgan fingerprint density at radius 1 is 1.11 bits per heavy atom. The zero-order valence-electron chi connectivity index (χ0n) is 15.1. The number of hydrogen-bond donors (Lipinski definition) is 2. The molecule has 0 saturated heterocycles. The van der Waals surface area contributed by atoms with Crippen molar-refractivity contribution in [1.82, 2.24) is 25.5 Å². The van der Waals surface area contributed by atoms with Crippen molar-refractivity contribution in [1.29, 1.82) is 0 Å². The van der Waals surface area contributed by atoms with E-state index in [0.717, 1.165) is 24.0 Å². The first-order valence-electron chi connectivity index (χ1n) is 9.45. The standard InChI is InChI=1S/C21H23N5O/c27-21(19(16-8-4-5-9-16)15-6-2-1-3-7-15)23-14-18-24-20(26-25-18)17-10-12-22-13-11-17/h1-3,6-7,10-13,16,19H,4-5,8-9,14H2,(H,23,27)(H,24,25,26)/t19-/m1/s1. The molecule has 1 amide bonds. The largest absolute Gasteiger partial charge is 0.348 e. The molecular weight excluding hydrogens is 338 g/mol. The van der Waals surface area contributed by atoms with Gasteiger partial charge in [-0.3, -0.25) is 14.9 Å². The first kappa shape index (κ1) is 17.4. The van der Waals surface area contributed by atoms with Gasteiger partial charge in [-0.05, 0) is 36.5 Å². The number of nitrogens with zero attached hydrogens (tertiary/aromatic N) is 3. The summed E-state index contributed by atoms with van der Waals surface area (Å²) in [5.41, 5.74) is 1.99. The van der Waals surface area contributed by atoms with Gasteiger partial charge in [0.05, 0.1) is 12.5 Å². The number of H-pyrrole nitrogens is 1. The summed E-state index contributed by atoms with van der Waals surface area (Å²) in [6, 6.07) is 13.8. The summed E-state index contributed by atoms with van der Waals surface area (Å²) >= 11 is 0. The lowest BCUT2D eigenvalue weighted by Gasteiger charge is -2.23. The molecule has 0 spiro atoms. The molecule has 1 atom stereocenters. The number of pyridine rings is 1. The minimum absolute atomic E-state index is 0.0648. The maximum atomic E-state index is 13.0. The van der Waals surface area contributed by atoms with Gasteiger partial charge in [0.1, 0.15) is 5.82 Å². The second-order valence-electron chi connectivity index (χ2n) is 6.99. The summed E-state index contributed by atoms with van der Waals surface area (Å²) in [5, 5.41) is 10.2. The van der Waals surface area contributed by atoms with Crippen LogP contribution in [-0.2, 0) is 11.3 Å². The third kappa shape index (κ3) is 4.05. The number of nitrogens with one attached hydrogen (secondary N) is 2. The van der Waals surface area contributed by atoms with Gasteiger partial charge >= 0.3 is 0 Å². The van der Waals surface area contributed by atoms with Gasteiger partial charge in [0.15, 0.2) is 5.82 Å². The van der Waals surface area contributed by atoms with Crippen molar-refractivity contribution in [3.05, 3.63) is 66.2 Å². The number of carbonyl (C=O) groups is 1. The molecule has 2 aromatic heterocycles. The average molecular weight is 361 g/mol. The number of carbonyl (C=O) groups excluding carboxylic acids is 1. The molecule has 0 aliphatic heterocycles. The quantitative estimate of drug-likeness (QED) is 0.704. The highest BCUT2D eigenvalue weighted by atomic mass is 16.1. The van der Waals surface area contributed by atoms with Crippen LogP contribution in [0.15, 0.2) is 54.9 Å². The Balaban J connectivity index is 1.45. The van der Waals surface area contributed by atoms with E-state index in [1.165, 1.54) is 12.8 Å². The molecule has 1 aliphatic carbocycles. The van der Waals surface area contributed by atoms with E-state index >= 15 is 0 Å². The molecular formula is C21H23N5O. The minimum Gasteiger partial charge on any atom is -0.348 e. The molecule has 138 valence electrons. The van der Waals surface area contributed by atoms with E-state index in [1.807, 2.05) is 30.3 Å². The van der Waals surface area contributed by atoms with E-state index in [1.54, 1.807) is 12.4 Å². The zero-order valence-corrected chi connectivity index (χ0v) is 15.1. The van der Waals surface area contributed by atoms with Gasteiger partial charge in [0.25, 0.3) is 0 Å². The first-order valence-corrected chi connectivity index (χ1v) is 9.45. The van der Waals surface area contributed by atoms with E-state index in [2.05, 4.69) is 37.6 Å². The van der Waals surface area contributed by atoms with Crippen LogP contribution in [0.25, 0.3) is 11.4 Å². The predicted molar refractivity (Wildman–Crippen MR) is 103 cm³/mol. The van der Waals surface area contributed by atoms with E-state index < -0.39 is 0 Å². The second kappa shape index (κ2) is 8.12. The maximum absolute atomic E-state index is 13.0. The number of rotatable bonds is 6. The lowest BCUT2D eigenvalue weighted by Crippen LogP contribution is -2.32. The number of hydrogen-bond acceptors (Lipinski definition) is 4. The molecule has 3 aromatic rings. The Bertz CT molecular complexity index is 872. The predicted octanol–water partition coefficient (Wildman–Crippen LogP) is 3.46. The van der Waals surface area contributed by atoms with Crippen LogP contribution in [0.4, 0.5) is 0 Å². The van der Waals surface area contributed by atoms with Gasteiger partial charge in [-0.25, -0.2) is 4.98 Å². The lowest BCUT2D eigenvalue weighted by atomic mass is 9.84. The van der Waals surface area contributed by atoms with Crippen LogP contribution in [0.2, 0.25) is 0 Å². The zero-order chi connectivity index (χ0) is 18.5. The number of aromatic amines is 1. The molecule has 1 fully saturated rings. The van der Waals surface area contributed by atoms with Crippen molar-refractivity contribution < 1.29 is 4.79 Å². The number of benzene rings is 1. The third-order valence-corrected chi connectivity index (χ3v) is 5.21. The number of aromatic nitrogens is 4. The van der Waals surface area contributed by atoms with E-state index in [9.17, 15) is 4.79 Å². The Hall–Kier alpha value is -3.02. The molecule has 0 unspecified atom stereocenters. The molecule has 2 N–H and O–H groups in total. The summed E-state index contributed by atoms with van der Waals surface area (Å²) in [6.07, 6.45) is 8.05. The highest BCUT2D eigenvalue weighted by Crippen LogP contribution is 2.37. The molecule has 2 heterocycles. The number of amides is 1. The molecule has 1 aliphatic rings. The van der Waals surface area contributed by atoms with Gasteiger partial charge in [-0.15, -0.1) is 0 Å². The van der Waals surface area contributed by atoms with Crippen molar-refractivity contribution in [2.24, 2.45) is 5.92 Å². The summed E-state index contributed by atoms with van der Waals surface area (Å²) in [4.78, 5) is 21.5. The molecule has 0 bridgehead atoms. The molecule has 6 heteroatoms.